The molecule has 1 rings (SSSR count). The smallest absolute Gasteiger partial charge is 0.272 e. The molecule has 0 amide bonds. The maximum atomic E-state index is 11.0. The van der Waals surface area contributed by atoms with Gasteiger partial charge in [-0.05, 0) is 18.9 Å². The molecule has 0 bridgehead atoms. The second-order valence-electron chi connectivity index (χ2n) is 3.40. The highest BCUT2D eigenvalue weighted by Crippen LogP contribution is 2.23. The standard InChI is InChI=1S/C11H13NO3/c1-3-10-9(7-8(2)13)5-4-6-11(10)12(14)15/h4-6H,3,7H2,1-2H3. The van der Waals surface area contributed by atoms with Gasteiger partial charge in [0.25, 0.3) is 5.69 Å². The van der Waals surface area contributed by atoms with E-state index in [1.165, 1.54) is 13.0 Å². The van der Waals surface area contributed by atoms with Crippen LogP contribution in [0.2, 0.25) is 0 Å². The van der Waals surface area contributed by atoms with E-state index in [-0.39, 0.29) is 17.9 Å². The minimum absolute atomic E-state index is 0.0187. The summed E-state index contributed by atoms with van der Waals surface area (Å²) in [6.07, 6.45) is 0.838. The summed E-state index contributed by atoms with van der Waals surface area (Å²) in [6, 6.07) is 4.87. The maximum absolute atomic E-state index is 11.0. The Bertz CT molecular complexity index is 399. The van der Waals surface area contributed by atoms with Crippen LogP contribution in [0, 0.1) is 10.1 Å². The fourth-order valence-electron chi connectivity index (χ4n) is 1.63. The largest absolute Gasteiger partial charge is 0.300 e. The number of carbonyl (C=O) groups is 1. The van der Waals surface area contributed by atoms with Crippen LogP contribution >= 0.6 is 0 Å². The normalized spacial score (nSPS) is 10.0. The van der Waals surface area contributed by atoms with Crippen LogP contribution < -0.4 is 0 Å². The molecule has 0 N–H and O–H groups in total. The molecule has 0 radical (unpaired) electrons. The highest BCUT2D eigenvalue weighted by molar-refractivity contribution is 5.79. The number of hydrogen-bond acceptors (Lipinski definition) is 3. The minimum Gasteiger partial charge on any atom is -0.300 e. The first-order chi connectivity index (χ1) is 7.06. The molecule has 4 nitrogen and oxygen atoms in total. The van der Waals surface area contributed by atoms with Crippen LogP contribution in [0.4, 0.5) is 5.69 Å². The van der Waals surface area contributed by atoms with Gasteiger partial charge in [-0.15, -0.1) is 0 Å². The average molecular weight is 207 g/mol. The Hall–Kier alpha value is -1.71. The lowest BCUT2D eigenvalue weighted by molar-refractivity contribution is -0.385. The van der Waals surface area contributed by atoms with Gasteiger partial charge in [0.15, 0.2) is 0 Å². The lowest BCUT2D eigenvalue weighted by Crippen LogP contribution is -2.03. The number of nitro groups is 1. The number of rotatable bonds is 4. The van der Waals surface area contributed by atoms with E-state index in [0.29, 0.717) is 12.0 Å². The van der Waals surface area contributed by atoms with Gasteiger partial charge in [0, 0.05) is 18.1 Å². The van der Waals surface area contributed by atoms with Gasteiger partial charge in [-0.25, -0.2) is 0 Å². The van der Waals surface area contributed by atoms with Crippen molar-refractivity contribution in [2.75, 3.05) is 0 Å². The van der Waals surface area contributed by atoms with Crippen molar-refractivity contribution >= 4 is 11.5 Å². The Kier molecular flexibility index (Phi) is 3.55. The molecule has 0 saturated carbocycles. The van der Waals surface area contributed by atoms with Crippen LogP contribution in [0.3, 0.4) is 0 Å². The molecule has 0 aromatic heterocycles. The van der Waals surface area contributed by atoms with Gasteiger partial charge in [-0.2, -0.15) is 0 Å². The zero-order valence-corrected chi connectivity index (χ0v) is 8.82. The molecule has 1 aromatic rings. The summed E-state index contributed by atoms with van der Waals surface area (Å²) < 4.78 is 0. The van der Waals surface area contributed by atoms with Gasteiger partial charge in [-0.3, -0.25) is 14.9 Å². The first-order valence-corrected chi connectivity index (χ1v) is 4.80. The van der Waals surface area contributed by atoms with Crippen LogP contribution in [0.5, 0.6) is 0 Å². The Balaban J connectivity index is 3.21. The zero-order chi connectivity index (χ0) is 11.4. The average Bonchev–Trinajstić information content (AvgIpc) is 2.16. The Labute approximate surface area is 88.1 Å². The summed E-state index contributed by atoms with van der Waals surface area (Å²) >= 11 is 0. The lowest BCUT2D eigenvalue weighted by Gasteiger charge is -2.06. The summed E-state index contributed by atoms with van der Waals surface area (Å²) in [4.78, 5) is 21.3. The number of nitro benzene ring substituents is 1. The zero-order valence-electron chi connectivity index (χ0n) is 8.82. The molecule has 0 atom stereocenters. The molecule has 4 heteroatoms. The monoisotopic (exact) mass is 207 g/mol. The third-order valence-corrected chi connectivity index (χ3v) is 2.24. The van der Waals surface area contributed by atoms with Crippen LogP contribution in [0.1, 0.15) is 25.0 Å². The fourth-order valence-corrected chi connectivity index (χ4v) is 1.63. The number of carbonyl (C=O) groups excluding carboxylic acids is 1. The van der Waals surface area contributed by atoms with E-state index < -0.39 is 4.92 Å². The van der Waals surface area contributed by atoms with E-state index in [0.717, 1.165) is 5.56 Å². The quantitative estimate of drug-likeness (QED) is 0.562. The van der Waals surface area contributed by atoms with Crippen LogP contribution in [0.15, 0.2) is 18.2 Å². The molecular formula is C11H13NO3. The van der Waals surface area contributed by atoms with Crippen molar-refractivity contribution in [1.82, 2.24) is 0 Å². The van der Waals surface area contributed by atoms with Gasteiger partial charge >= 0.3 is 0 Å². The number of ketones is 1. The third-order valence-electron chi connectivity index (χ3n) is 2.24. The van der Waals surface area contributed by atoms with E-state index in [4.69, 9.17) is 0 Å². The maximum Gasteiger partial charge on any atom is 0.272 e. The molecule has 0 saturated heterocycles. The van der Waals surface area contributed by atoms with Crippen LogP contribution in [-0.2, 0) is 17.6 Å². The summed E-state index contributed by atoms with van der Waals surface area (Å²) in [7, 11) is 0. The van der Waals surface area contributed by atoms with Crippen molar-refractivity contribution in [2.45, 2.75) is 26.7 Å². The van der Waals surface area contributed by atoms with Crippen molar-refractivity contribution in [1.29, 1.82) is 0 Å². The van der Waals surface area contributed by atoms with Crippen molar-refractivity contribution in [2.24, 2.45) is 0 Å². The molecule has 0 aliphatic rings. The Morgan fingerprint density at radius 1 is 1.47 bits per heavy atom. The molecule has 1 aromatic carbocycles. The number of nitrogens with zero attached hydrogens (tertiary/aromatic N) is 1. The van der Waals surface area contributed by atoms with E-state index in [1.54, 1.807) is 12.1 Å². The van der Waals surface area contributed by atoms with Gasteiger partial charge in [0.1, 0.15) is 5.78 Å². The predicted molar refractivity (Wildman–Crippen MR) is 56.9 cm³/mol. The molecule has 80 valence electrons. The summed E-state index contributed by atoms with van der Waals surface area (Å²) in [5.41, 5.74) is 1.54. The number of hydrogen-bond donors (Lipinski definition) is 0. The van der Waals surface area contributed by atoms with Crippen molar-refractivity contribution in [3.63, 3.8) is 0 Å². The molecular weight excluding hydrogens is 194 g/mol. The fraction of sp³-hybridized carbons (Fsp3) is 0.364. The summed E-state index contributed by atoms with van der Waals surface area (Å²) in [6.45, 7) is 3.34. The van der Waals surface area contributed by atoms with Gasteiger partial charge < -0.3 is 0 Å². The Morgan fingerprint density at radius 2 is 2.13 bits per heavy atom. The predicted octanol–water partition coefficient (Wildman–Crippen LogP) is 2.29. The van der Waals surface area contributed by atoms with E-state index >= 15 is 0 Å². The van der Waals surface area contributed by atoms with E-state index in [1.807, 2.05) is 6.92 Å². The van der Waals surface area contributed by atoms with E-state index in [2.05, 4.69) is 0 Å². The first-order valence-electron chi connectivity index (χ1n) is 4.80. The second-order valence-corrected chi connectivity index (χ2v) is 3.40. The van der Waals surface area contributed by atoms with Crippen molar-refractivity contribution in [3.05, 3.63) is 39.4 Å². The number of Topliss-reactive ketones (excluding diaryl/α,β-unsaturated/α-hetero) is 1. The molecule has 0 aliphatic carbocycles. The van der Waals surface area contributed by atoms with Crippen molar-refractivity contribution in [3.8, 4) is 0 Å². The Morgan fingerprint density at radius 3 is 2.60 bits per heavy atom. The molecule has 15 heavy (non-hydrogen) atoms. The van der Waals surface area contributed by atoms with Gasteiger partial charge in [0.05, 0.1) is 4.92 Å². The van der Waals surface area contributed by atoms with Gasteiger partial charge in [-0.1, -0.05) is 19.1 Å². The molecule has 0 aliphatic heterocycles. The SMILES string of the molecule is CCc1c(CC(C)=O)cccc1[N+](=O)[O-]. The van der Waals surface area contributed by atoms with E-state index in [9.17, 15) is 14.9 Å². The van der Waals surface area contributed by atoms with Crippen LogP contribution in [-0.4, -0.2) is 10.7 Å². The third kappa shape index (κ3) is 2.62. The summed E-state index contributed by atoms with van der Waals surface area (Å²) in [5.74, 6) is 0.0187. The molecule has 0 unspecified atom stereocenters. The molecule has 0 fully saturated rings. The minimum atomic E-state index is -0.400. The molecule has 0 spiro atoms. The van der Waals surface area contributed by atoms with Crippen LogP contribution in [0.25, 0.3) is 0 Å². The number of benzene rings is 1. The second kappa shape index (κ2) is 4.68. The topological polar surface area (TPSA) is 60.2 Å². The van der Waals surface area contributed by atoms with Gasteiger partial charge in [0.2, 0.25) is 0 Å². The van der Waals surface area contributed by atoms with Crippen molar-refractivity contribution < 1.29 is 9.72 Å². The highest BCUT2D eigenvalue weighted by Gasteiger charge is 2.15. The summed E-state index contributed by atoms with van der Waals surface area (Å²) in [5, 5.41) is 10.7. The lowest BCUT2D eigenvalue weighted by atomic mass is 9.99. The molecule has 0 heterocycles. The highest BCUT2D eigenvalue weighted by atomic mass is 16.6. The first kappa shape index (κ1) is 11.4.